The monoisotopic (exact) mass is 299 g/mol. The summed E-state index contributed by atoms with van der Waals surface area (Å²) in [5.41, 5.74) is 1.90. The van der Waals surface area contributed by atoms with E-state index in [9.17, 15) is 4.79 Å². The van der Waals surface area contributed by atoms with Gasteiger partial charge in [-0.05, 0) is 30.0 Å². The number of aromatic nitrogens is 2. The average molecular weight is 299 g/mol. The maximum atomic E-state index is 12.4. The van der Waals surface area contributed by atoms with Crippen molar-refractivity contribution in [3.05, 3.63) is 46.7 Å². The molecule has 0 spiro atoms. The highest BCUT2D eigenvalue weighted by Gasteiger charge is 2.14. The van der Waals surface area contributed by atoms with Gasteiger partial charge in [-0.2, -0.15) is 0 Å². The number of hydrogen-bond acceptors (Lipinski definition) is 4. The van der Waals surface area contributed by atoms with Crippen molar-refractivity contribution in [3.63, 3.8) is 0 Å². The van der Waals surface area contributed by atoms with Crippen molar-refractivity contribution in [1.82, 2.24) is 9.55 Å². The lowest BCUT2D eigenvalue weighted by molar-refractivity contribution is 0.0978. The number of carbonyl (C=O) groups excluding carboxylic acids is 1. The minimum absolute atomic E-state index is 0.118. The lowest BCUT2D eigenvalue weighted by Crippen LogP contribution is -2.13. The van der Waals surface area contributed by atoms with E-state index in [2.05, 4.69) is 17.2 Å². The molecule has 0 amide bonds. The summed E-state index contributed by atoms with van der Waals surface area (Å²) in [5.74, 6) is 0.885. The summed E-state index contributed by atoms with van der Waals surface area (Å²) in [5, 5.41) is 5.23. The summed E-state index contributed by atoms with van der Waals surface area (Å²) in [6.45, 7) is 3.26. The number of fused-ring (bicyclic) bond motifs is 1. The van der Waals surface area contributed by atoms with Gasteiger partial charge < -0.3 is 9.88 Å². The van der Waals surface area contributed by atoms with E-state index in [0.717, 1.165) is 34.8 Å². The highest BCUT2D eigenvalue weighted by Crippen LogP contribution is 2.21. The molecule has 4 nitrogen and oxygen atoms in total. The highest BCUT2D eigenvalue weighted by atomic mass is 32.1. The standard InChI is InChI=1S/C16H17N3OS/c1-2-9-17-16-18-12-6-3-4-7-13(12)19(16)11-14(20)15-8-5-10-21-15/h3-8,10H,2,9,11H2,1H3,(H,17,18). The zero-order chi connectivity index (χ0) is 14.7. The number of rotatable bonds is 6. The molecule has 0 aliphatic heterocycles. The second-order valence-corrected chi connectivity index (χ2v) is 5.79. The topological polar surface area (TPSA) is 46.9 Å². The number of benzene rings is 1. The van der Waals surface area contributed by atoms with Crippen molar-refractivity contribution in [1.29, 1.82) is 0 Å². The molecule has 0 radical (unpaired) electrons. The van der Waals surface area contributed by atoms with Gasteiger partial charge in [-0.15, -0.1) is 11.3 Å². The molecule has 3 rings (SSSR count). The SMILES string of the molecule is CCCNc1nc2ccccc2n1CC(=O)c1cccs1. The molecular weight excluding hydrogens is 282 g/mol. The molecule has 1 N–H and O–H groups in total. The van der Waals surface area contributed by atoms with E-state index in [1.807, 2.05) is 46.3 Å². The van der Waals surface area contributed by atoms with Crippen LogP contribution in [0, 0.1) is 0 Å². The molecule has 3 aromatic rings. The first-order valence-corrected chi connectivity index (χ1v) is 7.93. The van der Waals surface area contributed by atoms with E-state index >= 15 is 0 Å². The normalized spacial score (nSPS) is 10.9. The first-order chi connectivity index (χ1) is 10.3. The minimum Gasteiger partial charge on any atom is -0.356 e. The number of carbonyl (C=O) groups is 1. The first-order valence-electron chi connectivity index (χ1n) is 7.05. The van der Waals surface area contributed by atoms with E-state index in [1.54, 1.807) is 0 Å². The van der Waals surface area contributed by atoms with Gasteiger partial charge in [0.1, 0.15) is 0 Å². The summed E-state index contributed by atoms with van der Waals surface area (Å²) in [6, 6.07) is 11.7. The number of imidazole rings is 1. The predicted molar refractivity (Wildman–Crippen MR) is 87.2 cm³/mol. The van der Waals surface area contributed by atoms with Gasteiger partial charge in [0.2, 0.25) is 5.95 Å². The summed E-state index contributed by atoms with van der Waals surface area (Å²) in [4.78, 5) is 17.8. The molecule has 0 aliphatic carbocycles. The predicted octanol–water partition coefficient (Wildman–Crippen LogP) is 3.80. The number of thiophene rings is 1. The quantitative estimate of drug-likeness (QED) is 0.704. The molecule has 0 fully saturated rings. The van der Waals surface area contributed by atoms with E-state index < -0.39 is 0 Å². The van der Waals surface area contributed by atoms with Crippen LogP contribution >= 0.6 is 11.3 Å². The van der Waals surface area contributed by atoms with Gasteiger partial charge in [0, 0.05) is 6.54 Å². The third-order valence-electron chi connectivity index (χ3n) is 3.29. The molecule has 0 saturated heterocycles. The number of Topliss-reactive ketones (excluding diaryl/α,β-unsaturated/α-hetero) is 1. The number of anilines is 1. The van der Waals surface area contributed by atoms with Crippen molar-refractivity contribution in [3.8, 4) is 0 Å². The van der Waals surface area contributed by atoms with E-state index in [1.165, 1.54) is 11.3 Å². The molecule has 2 heterocycles. The molecule has 0 bridgehead atoms. The minimum atomic E-state index is 0.118. The Balaban J connectivity index is 1.96. The number of nitrogens with zero attached hydrogens (tertiary/aromatic N) is 2. The Morgan fingerprint density at radius 2 is 2.14 bits per heavy atom. The van der Waals surface area contributed by atoms with Crippen molar-refractivity contribution in [2.45, 2.75) is 19.9 Å². The molecule has 2 aromatic heterocycles. The van der Waals surface area contributed by atoms with Crippen LogP contribution in [0.2, 0.25) is 0 Å². The fourth-order valence-electron chi connectivity index (χ4n) is 2.27. The zero-order valence-corrected chi connectivity index (χ0v) is 12.7. The number of nitrogens with one attached hydrogen (secondary N) is 1. The van der Waals surface area contributed by atoms with Gasteiger partial charge in [-0.1, -0.05) is 25.1 Å². The second-order valence-electron chi connectivity index (χ2n) is 4.84. The van der Waals surface area contributed by atoms with Gasteiger partial charge in [-0.25, -0.2) is 4.98 Å². The van der Waals surface area contributed by atoms with Crippen LogP contribution in [0.25, 0.3) is 11.0 Å². The average Bonchev–Trinajstić information content (AvgIpc) is 3.14. The molecular formula is C16H17N3OS. The van der Waals surface area contributed by atoms with Gasteiger partial charge >= 0.3 is 0 Å². The zero-order valence-electron chi connectivity index (χ0n) is 11.9. The molecule has 5 heteroatoms. The molecule has 108 valence electrons. The molecule has 0 saturated carbocycles. The van der Waals surface area contributed by atoms with E-state index in [0.29, 0.717) is 6.54 Å². The van der Waals surface area contributed by atoms with Crippen LogP contribution in [0.4, 0.5) is 5.95 Å². The summed E-state index contributed by atoms with van der Waals surface area (Å²) in [7, 11) is 0. The molecule has 21 heavy (non-hydrogen) atoms. The van der Waals surface area contributed by atoms with Crippen molar-refractivity contribution in [2.24, 2.45) is 0 Å². The fourth-order valence-corrected chi connectivity index (χ4v) is 2.92. The Hall–Kier alpha value is -2.14. The summed E-state index contributed by atoms with van der Waals surface area (Å²) >= 11 is 1.48. The number of hydrogen-bond donors (Lipinski definition) is 1. The maximum absolute atomic E-state index is 12.4. The van der Waals surface area contributed by atoms with Gasteiger partial charge in [0.25, 0.3) is 0 Å². The molecule has 0 atom stereocenters. The molecule has 1 aromatic carbocycles. The Bertz CT molecular complexity index is 746. The maximum Gasteiger partial charge on any atom is 0.204 e. The third-order valence-corrected chi connectivity index (χ3v) is 4.20. The second kappa shape index (κ2) is 6.10. The van der Waals surface area contributed by atoms with Crippen LogP contribution in [0.3, 0.4) is 0 Å². The Morgan fingerprint density at radius 1 is 1.29 bits per heavy atom. The fraction of sp³-hybridized carbons (Fsp3) is 0.250. The number of para-hydroxylation sites is 2. The lowest BCUT2D eigenvalue weighted by atomic mass is 10.3. The Morgan fingerprint density at radius 3 is 2.90 bits per heavy atom. The molecule has 0 aliphatic rings. The van der Waals surface area contributed by atoms with Crippen molar-refractivity contribution >= 4 is 34.1 Å². The van der Waals surface area contributed by atoms with Crippen LogP contribution in [0.15, 0.2) is 41.8 Å². The number of ketones is 1. The molecule has 0 unspecified atom stereocenters. The van der Waals surface area contributed by atoms with Crippen LogP contribution in [0.5, 0.6) is 0 Å². The summed E-state index contributed by atoms with van der Waals surface area (Å²) < 4.78 is 1.97. The van der Waals surface area contributed by atoms with Crippen molar-refractivity contribution in [2.75, 3.05) is 11.9 Å². The van der Waals surface area contributed by atoms with E-state index in [4.69, 9.17) is 0 Å². The summed E-state index contributed by atoms with van der Waals surface area (Å²) in [6.07, 6.45) is 1.02. The van der Waals surface area contributed by atoms with Crippen molar-refractivity contribution < 1.29 is 4.79 Å². The van der Waals surface area contributed by atoms with Gasteiger partial charge in [0.05, 0.1) is 22.5 Å². The highest BCUT2D eigenvalue weighted by molar-refractivity contribution is 7.12. The van der Waals surface area contributed by atoms with Crippen LogP contribution < -0.4 is 5.32 Å². The third kappa shape index (κ3) is 2.83. The van der Waals surface area contributed by atoms with Gasteiger partial charge in [-0.3, -0.25) is 4.79 Å². The first kappa shape index (κ1) is 13.8. The Kier molecular flexibility index (Phi) is 4.01. The lowest BCUT2D eigenvalue weighted by Gasteiger charge is -2.09. The Labute approximate surface area is 127 Å². The van der Waals surface area contributed by atoms with Crippen LogP contribution in [-0.2, 0) is 6.54 Å². The van der Waals surface area contributed by atoms with E-state index in [-0.39, 0.29) is 5.78 Å². The largest absolute Gasteiger partial charge is 0.356 e. The van der Waals surface area contributed by atoms with Crippen LogP contribution in [0.1, 0.15) is 23.0 Å². The smallest absolute Gasteiger partial charge is 0.204 e. The van der Waals surface area contributed by atoms with Crippen LogP contribution in [-0.4, -0.2) is 21.9 Å². The van der Waals surface area contributed by atoms with Gasteiger partial charge in [0.15, 0.2) is 5.78 Å².